The number of anilines is 1. The maximum absolute atomic E-state index is 6.15. The van der Waals surface area contributed by atoms with Gasteiger partial charge in [-0.3, -0.25) is 4.98 Å². The zero-order valence-corrected chi connectivity index (χ0v) is 11.1. The molecule has 0 saturated heterocycles. The number of hydrogen-bond acceptors (Lipinski definition) is 5. The first-order valence-electron chi connectivity index (χ1n) is 6.31. The normalized spacial score (nSPS) is 13.9. The Morgan fingerprint density at radius 2 is 2.16 bits per heavy atom. The minimum Gasteiger partial charge on any atom is -0.383 e. The molecule has 0 fully saturated rings. The van der Waals surface area contributed by atoms with E-state index in [1.807, 2.05) is 12.1 Å². The third-order valence-electron chi connectivity index (χ3n) is 3.51. The van der Waals surface area contributed by atoms with Crippen molar-refractivity contribution < 1.29 is 0 Å². The highest BCUT2D eigenvalue weighted by Gasteiger charge is 2.21. The molecule has 3 heterocycles. The molecule has 1 aliphatic carbocycles. The lowest BCUT2D eigenvalue weighted by molar-refractivity contribution is 0.917. The third kappa shape index (κ3) is 1.62. The van der Waals surface area contributed by atoms with E-state index in [1.54, 1.807) is 23.7 Å². The standard InChI is InChI=1S/C14H12N4S/c15-12-11-9-4-1-5-10(9)19-14(11)18-13(17-12)8-3-2-6-16-7-8/h2-3,6-7H,1,4-5H2,(H2,15,17,18). The summed E-state index contributed by atoms with van der Waals surface area (Å²) in [6.45, 7) is 0. The number of aryl methyl sites for hydroxylation is 2. The molecule has 0 amide bonds. The number of nitrogens with two attached hydrogens (primary N) is 1. The molecule has 4 nitrogen and oxygen atoms in total. The van der Waals surface area contributed by atoms with E-state index in [0.717, 1.165) is 28.6 Å². The summed E-state index contributed by atoms with van der Waals surface area (Å²) in [6, 6.07) is 3.84. The van der Waals surface area contributed by atoms with E-state index in [2.05, 4.69) is 15.0 Å². The second-order valence-electron chi connectivity index (χ2n) is 4.71. The Labute approximate surface area is 114 Å². The van der Waals surface area contributed by atoms with Crippen LogP contribution >= 0.6 is 11.3 Å². The van der Waals surface area contributed by atoms with Crippen molar-refractivity contribution >= 4 is 27.4 Å². The van der Waals surface area contributed by atoms with Crippen LogP contribution in [0.25, 0.3) is 21.6 Å². The molecule has 0 aromatic carbocycles. The zero-order valence-electron chi connectivity index (χ0n) is 10.3. The summed E-state index contributed by atoms with van der Waals surface area (Å²) in [7, 11) is 0. The van der Waals surface area contributed by atoms with E-state index in [-0.39, 0.29) is 0 Å². The first kappa shape index (κ1) is 10.9. The molecule has 5 heteroatoms. The van der Waals surface area contributed by atoms with E-state index in [4.69, 9.17) is 5.73 Å². The lowest BCUT2D eigenvalue weighted by Crippen LogP contribution is -1.97. The third-order valence-corrected chi connectivity index (χ3v) is 4.70. The number of nitrogens with zero attached hydrogens (tertiary/aromatic N) is 3. The summed E-state index contributed by atoms with van der Waals surface area (Å²) in [5, 5.41) is 1.07. The van der Waals surface area contributed by atoms with Crippen molar-refractivity contribution in [3.8, 4) is 11.4 Å². The molecular formula is C14H12N4S. The van der Waals surface area contributed by atoms with Crippen LogP contribution in [0.4, 0.5) is 5.82 Å². The molecule has 94 valence electrons. The molecule has 1 aliphatic rings. The van der Waals surface area contributed by atoms with Gasteiger partial charge in [-0.05, 0) is 37.0 Å². The highest BCUT2D eigenvalue weighted by molar-refractivity contribution is 7.19. The highest BCUT2D eigenvalue weighted by atomic mass is 32.1. The van der Waals surface area contributed by atoms with Gasteiger partial charge in [0, 0.05) is 22.8 Å². The Kier molecular flexibility index (Phi) is 2.29. The van der Waals surface area contributed by atoms with Gasteiger partial charge in [0.05, 0.1) is 5.39 Å². The first-order valence-corrected chi connectivity index (χ1v) is 7.13. The van der Waals surface area contributed by atoms with E-state index >= 15 is 0 Å². The number of rotatable bonds is 1. The largest absolute Gasteiger partial charge is 0.383 e. The van der Waals surface area contributed by atoms with E-state index in [1.165, 1.54) is 16.9 Å². The van der Waals surface area contributed by atoms with Crippen molar-refractivity contribution in [3.05, 3.63) is 35.0 Å². The molecule has 0 radical (unpaired) electrons. The molecule has 4 rings (SSSR count). The number of fused-ring (bicyclic) bond motifs is 3. The van der Waals surface area contributed by atoms with Crippen LogP contribution in [0.2, 0.25) is 0 Å². The Morgan fingerprint density at radius 3 is 3.00 bits per heavy atom. The quantitative estimate of drug-likeness (QED) is 0.737. The predicted molar refractivity (Wildman–Crippen MR) is 77.1 cm³/mol. The molecule has 3 aromatic heterocycles. The Bertz CT molecular complexity index is 764. The Hall–Kier alpha value is -2.01. The van der Waals surface area contributed by atoms with Crippen molar-refractivity contribution in [2.45, 2.75) is 19.3 Å². The number of pyridine rings is 1. The predicted octanol–water partition coefficient (Wildman–Crippen LogP) is 2.82. The summed E-state index contributed by atoms with van der Waals surface area (Å²) in [4.78, 5) is 15.7. The monoisotopic (exact) mass is 268 g/mol. The minimum atomic E-state index is 0.600. The zero-order chi connectivity index (χ0) is 12.8. The molecule has 0 unspecified atom stereocenters. The van der Waals surface area contributed by atoms with Gasteiger partial charge in [-0.25, -0.2) is 9.97 Å². The molecular weight excluding hydrogens is 256 g/mol. The van der Waals surface area contributed by atoms with Crippen LogP contribution in [-0.2, 0) is 12.8 Å². The Morgan fingerprint density at radius 1 is 1.21 bits per heavy atom. The van der Waals surface area contributed by atoms with E-state index < -0.39 is 0 Å². The average Bonchev–Trinajstić information content (AvgIpc) is 2.99. The smallest absolute Gasteiger partial charge is 0.164 e. The second-order valence-corrected chi connectivity index (χ2v) is 5.80. The summed E-state index contributed by atoms with van der Waals surface area (Å²) < 4.78 is 0. The lowest BCUT2D eigenvalue weighted by atomic mass is 10.2. The van der Waals surface area contributed by atoms with Crippen LogP contribution in [0.3, 0.4) is 0 Å². The van der Waals surface area contributed by atoms with Crippen LogP contribution < -0.4 is 5.73 Å². The Balaban J connectivity index is 1.97. The maximum atomic E-state index is 6.15. The van der Waals surface area contributed by atoms with Crippen LogP contribution in [0.1, 0.15) is 16.9 Å². The van der Waals surface area contributed by atoms with Gasteiger partial charge in [-0.1, -0.05) is 0 Å². The van der Waals surface area contributed by atoms with Crippen molar-refractivity contribution in [2.24, 2.45) is 0 Å². The van der Waals surface area contributed by atoms with Crippen LogP contribution in [0.5, 0.6) is 0 Å². The SMILES string of the molecule is Nc1nc(-c2cccnc2)nc2sc3c(c12)CCC3. The fourth-order valence-corrected chi connectivity index (χ4v) is 3.92. The molecule has 0 spiro atoms. The van der Waals surface area contributed by atoms with E-state index in [0.29, 0.717) is 11.6 Å². The van der Waals surface area contributed by atoms with Crippen molar-refractivity contribution in [1.82, 2.24) is 15.0 Å². The molecule has 0 atom stereocenters. The molecule has 0 saturated carbocycles. The maximum Gasteiger partial charge on any atom is 0.164 e. The molecule has 2 N–H and O–H groups in total. The summed E-state index contributed by atoms with van der Waals surface area (Å²) in [6.07, 6.45) is 6.99. The summed E-state index contributed by atoms with van der Waals surface area (Å²) in [5.41, 5.74) is 8.42. The van der Waals surface area contributed by atoms with Crippen molar-refractivity contribution in [2.75, 3.05) is 5.73 Å². The molecule has 0 bridgehead atoms. The van der Waals surface area contributed by atoms with Gasteiger partial charge in [0.15, 0.2) is 5.82 Å². The van der Waals surface area contributed by atoms with Gasteiger partial charge in [0.25, 0.3) is 0 Å². The van der Waals surface area contributed by atoms with Crippen LogP contribution in [-0.4, -0.2) is 15.0 Å². The van der Waals surface area contributed by atoms with Gasteiger partial charge < -0.3 is 5.73 Å². The molecule has 0 aliphatic heterocycles. The topological polar surface area (TPSA) is 64.7 Å². The molecule has 3 aromatic rings. The highest BCUT2D eigenvalue weighted by Crippen LogP contribution is 2.39. The minimum absolute atomic E-state index is 0.600. The summed E-state index contributed by atoms with van der Waals surface area (Å²) in [5.74, 6) is 1.27. The number of nitrogen functional groups attached to an aromatic ring is 1. The van der Waals surface area contributed by atoms with Gasteiger partial charge in [0.2, 0.25) is 0 Å². The van der Waals surface area contributed by atoms with Crippen LogP contribution in [0, 0.1) is 0 Å². The fourth-order valence-electron chi connectivity index (χ4n) is 2.65. The fraction of sp³-hybridized carbons (Fsp3) is 0.214. The summed E-state index contributed by atoms with van der Waals surface area (Å²) >= 11 is 1.76. The first-order chi connectivity index (χ1) is 9.33. The van der Waals surface area contributed by atoms with Gasteiger partial charge in [0.1, 0.15) is 10.6 Å². The lowest BCUT2D eigenvalue weighted by Gasteiger charge is -2.03. The number of thiophene rings is 1. The van der Waals surface area contributed by atoms with E-state index in [9.17, 15) is 0 Å². The average molecular weight is 268 g/mol. The number of hydrogen-bond donors (Lipinski definition) is 1. The van der Waals surface area contributed by atoms with Gasteiger partial charge in [-0.2, -0.15) is 0 Å². The van der Waals surface area contributed by atoms with Gasteiger partial charge in [-0.15, -0.1) is 11.3 Å². The second kappa shape index (κ2) is 3.99. The van der Waals surface area contributed by atoms with Crippen LogP contribution in [0.15, 0.2) is 24.5 Å². The van der Waals surface area contributed by atoms with Gasteiger partial charge >= 0.3 is 0 Å². The van der Waals surface area contributed by atoms with Crippen molar-refractivity contribution in [1.29, 1.82) is 0 Å². The number of aromatic nitrogens is 3. The van der Waals surface area contributed by atoms with Crippen molar-refractivity contribution in [3.63, 3.8) is 0 Å². The molecule has 19 heavy (non-hydrogen) atoms.